The van der Waals surface area contributed by atoms with Crippen LogP contribution in [0.1, 0.15) is 31.0 Å². The van der Waals surface area contributed by atoms with Crippen LogP contribution in [-0.2, 0) is 0 Å². The van der Waals surface area contributed by atoms with E-state index in [4.69, 9.17) is 10.5 Å². The van der Waals surface area contributed by atoms with Gasteiger partial charge in [-0.15, -0.1) is 0 Å². The van der Waals surface area contributed by atoms with Crippen LogP contribution in [0.25, 0.3) is 5.52 Å². The van der Waals surface area contributed by atoms with E-state index in [1.807, 2.05) is 44.3 Å². The highest BCUT2D eigenvalue weighted by molar-refractivity contribution is 5.55. The molecule has 1 aromatic carbocycles. The summed E-state index contributed by atoms with van der Waals surface area (Å²) in [5.41, 5.74) is 9.26. The van der Waals surface area contributed by atoms with E-state index in [-0.39, 0.29) is 12.1 Å². The summed E-state index contributed by atoms with van der Waals surface area (Å²) in [7, 11) is 0. The van der Waals surface area contributed by atoms with Crippen molar-refractivity contribution in [2.75, 3.05) is 0 Å². The zero-order valence-electron chi connectivity index (χ0n) is 12.1. The Morgan fingerprint density at radius 1 is 1.14 bits per heavy atom. The Hall–Kier alpha value is -2.40. The van der Waals surface area contributed by atoms with Gasteiger partial charge in [-0.1, -0.05) is 12.1 Å². The molecule has 1 atom stereocenters. The van der Waals surface area contributed by atoms with Crippen LogP contribution in [0, 0.1) is 0 Å². The first kappa shape index (κ1) is 13.6. The predicted molar refractivity (Wildman–Crippen MR) is 81.2 cm³/mol. The maximum Gasteiger partial charge on any atom is 0.119 e. The van der Waals surface area contributed by atoms with E-state index in [2.05, 4.69) is 10.1 Å². The quantitative estimate of drug-likeness (QED) is 0.798. The monoisotopic (exact) mass is 282 g/mol. The molecule has 0 radical (unpaired) electrons. The highest BCUT2D eigenvalue weighted by Gasteiger charge is 2.14. The summed E-state index contributed by atoms with van der Waals surface area (Å²) in [6.45, 7) is 4.01. The Balaban J connectivity index is 1.89. The van der Waals surface area contributed by atoms with Gasteiger partial charge in [-0.25, -0.2) is 4.52 Å². The van der Waals surface area contributed by atoms with Gasteiger partial charge in [0.2, 0.25) is 0 Å². The van der Waals surface area contributed by atoms with Crippen molar-refractivity contribution in [2.45, 2.75) is 26.0 Å². The van der Waals surface area contributed by atoms with Crippen molar-refractivity contribution >= 4 is 5.52 Å². The molecule has 0 amide bonds. The van der Waals surface area contributed by atoms with E-state index in [1.165, 1.54) is 0 Å². The number of aromatic nitrogens is 3. The highest BCUT2D eigenvalue weighted by atomic mass is 16.5. The largest absolute Gasteiger partial charge is 0.491 e. The van der Waals surface area contributed by atoms with E-state index in [9.17, 15) is 0 Å². The van der Waals surface area contributed by atoms with Crippen molar-refractivity contribution in [2.24, 2.45) is 5.73 Å². The Bertz CT molecular complexity index is 733. The number of ether oxygens (including phenoxy) is 1. The van der Waals surface area contributed by atoms with Crippen LogP contribution in [0.4, 0.5) is 0 Å². The lowest BCUT2D eigenvalue weighted by Crippen LogP contribution is -2.12. The van der Waals surface area contributed by atoms with Crippen molar-refractivity contribution in [3.63, 3.8) is 0 Å². The second kappa shape index (κ2) is 5.54. The molecule has 1 unspecified atom stereocenters. The fourth-order valence-corrected chi connectivity index (χ4v) is 2.30. The maximum absolute atomic E-state index is 6.36. The summed E-state index contributed by atoms with van der Waals surface area (Å²) in [4.78, 5) is 4.13. The van der Waals surface area contributed by atoms with E-state index >= 15 is 0 Å². The lowest BCUT2D eigenvalue weighted by atomic mass is 10.0. The smallest absolute Gasteiger partial charge is 0.119 e. The molecule has 2 aromatic heterocycles. The molecule has 0 saturated heterocycles. The topological polar surface area (TPSA) is 65.4 Å². The Labute approximate surface area is 123 Å². The molecule has 3 aromatic rings. The van der Waals surface area contributed by atoms with Crippen LogP contribution in [-0.4, -0.2) is 20.7 Å². The van der Waals surface area contributed by atoms with Gasteiger partial charge in [0.15, 0.2) is 0 Å². The van der Waals surface area contributed by atoms with E-state index in [0.717, 1.165) is 22.4 Å². The lowest BCUT2D eigenvalue weighted by Gasteiger charge is -2.13. The van der Waals surface area contributed by atoms with Gasteiger partial charge in [0.25, 0.3) is 0 Å². The molecule has 0 fully saturated rings. The van der Waals surface area contributed by atoms with Gasteiger partial charge in [0, 0.05) is 18.0 Å². The minimum absolute atomic E-state index is 0.162. The van der Waals surface area contributed by atoms with Gasteiger partial charge >= 0.3 is 0 Å². The van der Waals surface area contributed by atoms with Gasteiger partial charge in [-0.3, -0.25) is 4.98 Å². The van der Waals surface area contributed by atoms with Crippen LogP contribution in [0.3, 0.4) is 0 Å². The average Bonchev–Trinajstić information content (AvgIpc) is 2.90. The van der Waals surface area contributed by atoms with Gasteiger partial charge in [0.1, 0.15) is 5.75 Å². The third-order valence-electron chi connectivity index (χ3n) is 3.30. The van der Waals surface area contributed by atoms with Crippen LogP contribution < -0.4 is 10.5 Å². The van der Waals surface area contributed by atoms with Gasteiger partial charge in [0.05, 0.1) is 30.1 Å². The van der Waals surface area contributed by atoms with Crippen molar-refractivity contribution in [1.82, 2.24) is 14.6 Å². The first-order valence-corrected chi connectivity index (χ1v) is 6.94. The van der Waals surface area contributed by atoms with E-state index < -0.39 is 0 Å². The SMILES string of the molecule is CC(C)Oc1ccc(C(N)c2cnn3ccncc23)cc1. The molecule has 0 bridgehead atoms. The van der Waals surface area contributed by atoms with Crippen LogP contribution >= 0.6 is 0 Å². The van der Waals surface area contributed by atoms with Crippen LogP contribution in [0.2, 0.25) is 0 Å². The Kier molecular flexibility index (Phi) is 3.58. The van der Waals surface area contributed by atoms with Gasteiger partial charge in [-0.2, -0.15) is 5.10 Å². The normalized spacial score (nSPS) is 12.8. The number of fused-ring (bicyclic) bond motifs is 1. The van der Waals surface area contributed by atoms with Crippen molar-refractivity contribution < 1.29 is 4.74 Å². The molecule has 2 heterocycles. The minimum Gasteiger partial charge on any atom is -0.491 e. The zero-order valence-corrected chi connectivity index (χ0v) is 12.1. The fourth-order valence-electron chi connectivity index (χ4n) is 2.30. The zero-order chi connectivity index (χ0) is 14.8. The average molecular weight is 282 g/mol. The fraction of sp³-hybridized carbons (Fsp3) is 0.250. The maximum atomic E-state index is 6.36. The number of nitrogens with zero attached hydrogens (tertiary/aromatic N) is 3. The molecule has 0 aliphatic carbocycles. The lowest BCUT2D eigenvalue weighted by molar-refractivity contribution is 0.242. The van der Waals surface area contributed by atoms with E-state index in [0.29, 0.717) is 0 Å². The summed E-state index contributed by atoms with van der Waals surface area (Å²) in [5.74, 6) is 0.850. The Morgan fingerprint density at radius 2 is 1.90 bits per heavy atom. The molecule has 108 valence electrons. The molecule has 5 heteroatoms. The molecule has 2 N–H and O–H groups in total. The summed E-state index contributed by atoms with van der Waals surface area (Å²) < 4.78 is 7.42. The standard InChI is InChI=1S/C16H18N4O/c1-11(2)21-13-5-3-12(4-6-13)16(17)14-9-19-20-8-7-18-10-15(14)20/h3-11,16H,17H2,1-2H3. The van der Waals surface area contributed by atoms with E-state index in [1.54, 1.807) is 23.1 Å². The molecule has 0 aliphatic heterocycles. The first-order chi connectivity index (χ1) is 10.1. The molecule has 0 spiro atoms. The highest BCUT2D eigenvalue weighted by Crippen LogP contribution is 2.25. The summed E-state index contributed by atoms with van der Waals surface area (Å²) in [6, 6.07) is 7.63. The second-order valence-corrected chi connectivity index (χ2v) is 5.22. The molecule has 3 rings (SSSR count). The third-order valence-corrected chi connectivity index (χ3v) is 3.30. The summed E-state index contributed by atoms with van der Waals surface area (Å²) in [5, 5.41) is 4.29. The first-order valence-electron chi connectivity index (χ1n) is 6.94. The molecule has 0 aliphatic rings. The third kappa shape index (κ3) is 2.73. The van der Waals surface area contributed by atoms with Crippen molar-refractivity contribution in [1.29, 1.82) is 0 Å². The molecular formula is C16H18N4O. The minimum atomic E-state index is -0.236. The van der Waals surface area contributed by atoms with Crippen molar-refractivity contribution in [3.05, 3.63) is 60.2 Å². The number of rotatable bonds is 4. The molecule has 5 nitrogen and oxygen atoms in total. The predicted octanol–water partition coefficient (Wildman–Crippen LogP) is 2.56. The molecular weight excluding hydrogens is 264 g/mol. The van der Waals surface area contributed by atoms with Crippen LogP contribution in [0.5, 0.6) is 5.75 Å². The van der Waals surface area contributed by atoms with Crippen LogP contribution in [0.15, 0.2) is 49.1 Å². The summed E-state index contributed by atoms with van der Waals surface area (Å²) >= 11 is 0. The summed E-state index contributed by atoms with van der Waals surface area (Å²) in [6.07, 6.45) is 7.24. The number of benzene rings is 1. The van der Waals surface area contributed by atoms with Crippen molar-refractivity contribution in [3.8, 4) is 5.75 Å². The molecule has 0 saturated carbocycles. The van der Waals surface area contributed by atoms with Gasteiger partial charge in [-0.05, 0) is 31.5 Å². The molecule has 21 heavy (non-hydrogen) atoms. The number of hydrogen-bond donors (Lipinski definition) is 1. The second-order valence-electron chi connectivity index (χ2n) is 5.22. The Morgan fingerprint density at radius 3 is 2.62 bits per heavy atom. The van der Waals surface area contributed by atoms with Gasteiger partial charge < -0.3 is 10.5 Å². The number of nitrogens with two attached hydrogens (primary N) is 1. The number of hydrogen-bond acceptors (Lipinski definition) is 4.